The number of pyridine rings is 1. The highest BCUT2D eigenvalue weighted by atomic mass is 32.2. The van der Waals surface area contributed by atoms with E-state index in [1.54, 1.807) is 6.92 Å². The molecule has 8 heteroatoms. The Labute approximate surface area is 110 Å². The molecule has 102 valence electrons. The first-order valence-corrected chi connectivity index (χ1v) is 8.47. The summed E-state index contributed by atoms with van der Waals surface area (Å²) in [5, 5.41) is 0. The molecule has 0 bridgehead atoms. The zero-order valence-electron chi connectivity index (χ0n) is 10.1. The Morgan fingerprint density at radius 3 is 2.83 bits per heavy atom. The largest absolute Gasteiger partial charge is 0.325 e. The molecule has 0 aliphatic carbocycles. The SMILES string of the molecule is CCS(=O)CCNS(=O)(=O)c1cccnc1CN. The second-order valence-electron chi connectivity index (χ2n) is 3.48. The molecule has 0 amide bonds. The van der Waals surface area contributed by atoms with Crippen molar-refractivity contribution < 1.29 is 12.6 Å². The Kier molecular flexibility index (Phi) is 5.86. The number of nitrogens with zero attached hydrogens (tertiary/aromatic N) is 1. The van der Waals surface area contributed by atoms with Crippen molar-refractivity contribution >= 4 is 20.8 Å². The van der Waals surface area contributed by atoms with Gasteiger partial charge in [-0.3, -0.25) is 9.19 Å². The maximum Gasteiger partial charge on any atom is 0.242 e. The van der Waals surface area contributed by atoms with Gasteiger partial charge in [-0.25, -0.2) is 13.1 Å². The minimum atomic E-state index is -3.63. The fourth-order valence-electron chi connectivity index (χ4n) is 1.33. The maximum atomic E-state index is 12.0. The van der Waals surface area contributed by atoms with Gasteiger partial charge in [0.1, 0.15) is 4.90 Å². The Bertz CT molecular complexity index is 517. The van der Waals surface area contributed by atoms with E-state index in [4.69, 9.17) is 5.73 Å². The van der Waals surface area contributed by atoms with E-state index in [1.165, 1.54) is 18.3 Å². The number of nitrogens with two attached hydrogens (primary N) is 1. The molecule has 18 heavy (non-hydrogen) atoms. The van der Waals surface area contributed by atoms with Crippen LogP contribution in [0.25, 0.3) is 0 Å². The highest BCUT2D eigenvalue weighted by molar-refractivity contribution is 7.89. The smallest absolute Gasteiger partial charge is 0.242 e. The highest BCUT2D eigenvalue weighted by Crippen LogP contribution is 2.11. The van der Waals surface area contributed by atoms with Crippen LogP contribution in [0.4, 0.5) is 0 Å². The van der Waals surface area contributed by atoms with Crippen molar-refractivity contribution in [3.8, 4) is 0 Å². The summed E-state index contributed by atoms with van der Waals surface area (Å²) in [7, 11) is -4.63. The monoisotopic (exact) mass is 291 g/mol. The fraction of sp³-hybridized carbons (Fsp3) is 0.500. The lowest BCUT2D eigenvalue weighted by Gasteiger charge is -2.09. The second kappa shape index (κ2) is 6.93. The first-order chi connectivity index (χ1) is 8.51. The van der Waals surface area contributed by atoms with Crippen LogP contribution in [-0.2, 0) is 27.4 Å². The molecule has 0 fully saturated rings. The van der Waals surface area contributed by atoms with Crippen molar-refractivity contribution in [2.75, 3.05) is 18.1 Å². The molecule has 1 rings (SSSR count). The van der Waals surface area contributed by atoms with Crippen LogP contribution in [0.1, 0.15) is 12.6 Å². The first kappa shape index (κ1) is 15.2. The number of rotatable bonds is 7. The van der Waals surface area contributed by atoms with Crippen LogP contribution in [0, 0.1) is 0 Å². The van der Waals surface area contributed by atoms with Crippen LogP contribution in [0.5, 0.6) is 0 Å². The van der Waals surface area contributed by atoms with Crippen molar-refractivity contribution in [1.29, 1.82) is 0 Å². The van der Waals surface area contributed by atoms with Gasteiger partial charge in [0, 0.05) is 41.6 Å². The molecule has 6 nitrogen and oxygen atoms in total. The van der Waals surface area contributed by atoms with E-state index in [1.807, 2.05) is 0 Å². The summed E-state index contributed by atoms with van der Waals surface area (Å²) in [6, 6.07) is 2.99. The minimum Gasteiger partial charge on any atom is -0.325 e. The third-order valence-electron chi connectivity index (χ3n) is 2.28. The molecule has 3 N–H and O–H groups in total. The third kappa shape index (κ3) is 4.13. The summed E-state index contributed by atoms with van der Waals surface area (Å²) in [5.41, 5.74) is 5.76. The van der Waals surface area contributed by atoms with E-state index in [2.05, 4.69) is 9.71 Å². The minimum absolute atomic E-state index is 0.0535. The zero-order valence-corrected chi connectivity index (χ0v) is 11.8. The topological polar surface area (TPSA) is 102 Å². The van der Waals surface area contributed by atoms with Crippen molar-refractivity contribution in [3.63, 3.8) is 0 Å². The van der Waals surface area contributed by atoms with Gasteiger partial charge in [0.05, 0.1) is 5.69 Å². The summed E-state index contributed by atoms with van der Waals surface area (Å²) in [6.45, 7) is 1.98. The third-order valence-corrected chi connectivity index (χ3v) is 5.11. The van der Waals surface area contributed by atoms with Gasteiger partial charge >= 0.3 is 0 Å². The van der Waals surface area contributed by atoms with Crippen molar-refractivity contribution in [2.24, 2.45) is 5.73 Å². The number of sulfonamides is 1. The zero-order chi connectivity index (χ0) is 13.6. The van der Waals surface area contributed by atoms with Crippen LogP contribution in [0.3, 0.4) is 0 Å². The quantitative estimate of drug-likeness (QED) is 0.711. The highest BCUT2D eigenvalue weighted by Gasteiger charge is 2.17. The Balaban J connectivity index is 2.77. The molecular weight excluding hydrogens is 274 g/mol. The summed E-state index contributed by atoms with van der Waals surface area (Å²) < 4.78 is 37.6. The number of aromatic nitrogens is 1. The normalized spacial score (nSPS) is 13.4. The molecule has 0 saturated heterocycles. The van der Waals surface area contributed by atoms with Crippen LogP contribution < -0.4 is 10.5 Å². The number of hydrogen-bond donors (Lipinski definition) is 2. The van der Waals surface area contributed by atoms with E-state index < -0.39 is 20.8 Å². The molecule has 0 saturated carbocycles. The van der Waals surface area contributed by atoms with Gasteiger partial charge < -0.3 is 5.73 Å². The fourth-order valence-corrected chi connectivity index (χ4v) is 3.31. The van der Waals surface area contributed by atoms with E-state index in [-0.39, 0.29) is 18.0 Å². The van der Waals surface area contributed by atoms with Crippen LogP contribution in [-0.4, -0.2) is 35.7 Å². The Morgan fingerprint density at radius 1 is 1.50 bits per heavy atom. The molecule has 0 radical (unpaired) electrons. The summed E-state index contributed by atoms with van der Waals surface area (Å²) in [5.74, 6) is 0.816. The van der Waals surface area contributed by atoms with Crippen molar-refractivity contribution in [2.45, 2.75) is 18.4 Å². The van der Waals surface area contributed by atoms with Gasteiger partial charge in [-0.1, -0.05) is 6.92 Å². The Morgan fingerprint density at radius 2 is 2.22 bits per heavy atom. The van der Waals surface area contributed by atoms with Crippen LogP contribution in [0.2, 0.25) is 0 Å². The number of hydrogen-bond acceptors (Lipinski definition) is 5. The molecular formula is C10H17N3O3S2. The lowest BCUT2D eigenvalue weighted by atomic mass is 10.3. The van der Waals surface area contributed by atoms with Gasteiger partial charge in [0.2, 0.25) is 10.0 Å². The van der Waals surface area contributed by atoms with E-state index in [0.29, 0.717) is 17.2 Å². The second-order valence-corrected chi connectivity index (χ2v) is 7.08. The van der Waals surface area contributed by atoms with Crippen molar-refractivity contribution in [1.82, 2.24) is 9.71 Å². The average molecular weight is 291 g/mol. The predicted molar refractivity (Wildman–Crippen MR) is 70.9 cm³/mol. The van der Waals surface area contributed by atoms with Crippen molar-refractivity contribution in [3.05, 3.63) is 24.0 Å². The first-order valence-electron chi connectivity index (χ1n) is 5.50. The van der Waals surface area contributed by atoms with Gasteiger partial charge in [0.15, 0.2) is 0 Å². The maximum absolute atomic E-state index is 12.0. The molecule has 1 heterocycles. The average Bonchev–Trinajstić information content (AvgIpc) is 2.38. The van der Waals surface area contributed by atoms with Gasteiger partial charge in [-0.15, -0.1) is 0 Å². The van der Waals surface area contributed by atoms with E-state index >= 15 is 0 Å². The molecule has 0 aromatic carbocycles. The summed E-state index contributed by atoms with van der Waals surface area (Å²) in [6.07, 6.45) is 1.49. The van der Waals surface area contributed by atoms with Crippen LogP contribution in [0.15, 0.2) is 23.2 Å². The summed E-state index contributed by atoms with van der Waals surface area (Å²) in [4.78, 5) is 4.00. The molecule has 1 aromatic heterocycles. The molecule has 0 aliphatic rings. The lowest BCUT2D eigenvalue weighted by molar-refractivity contribution is 0.582. The molecule has 1 unspecified atom stereocenters. The summed E-state index contributed by atoms with van der Waals surface area (Å²) >= 11 is 0. The molecule has 0 aliphatic heterocycles. The lowest BCUT2D eigenvalue weighted by Crippen LogP contribution is -2.29. The van der Waals surface area contributed by atoms with E-state index in [0.717, 1.165) is 0 Å². The molecule has 1 aromatic rings. The Hall–Kier alpha value is -0.830. The van der Waals surface area contributed by atoms with Crippen LogP contribution >= 0.6 is 0 Å². The molecule has 1 atom stereocenters. The van der Waals surface area contributed by atoms with Gasteiger partial charge in [-0.05, 0) is 12.1 Å². The number of nitrogens with one attached hydrogen (secondary N) is 1. The predicted octanol–water partition coefficient (Wildman–Crippen LogP) is -0.413. The van der Waals surface area contributed by atoms with E-state index in [9.17, 15) is 12.6 Å². The molecule has 0 spiro atoms. The standard InChI is InChI=1S/C10H17N3O3S2/c1-2-17(14)7-6-13-18(15,16)10-4-3-5-12-9(10)8-11/h3-5,13H,2,6-8,11H2,1H3. The van der Waals surface area contributed by atoms with Gasteiger partial charge in [0.25, 0.3) is 0 Å². The van der Waals surface area contributed by atoms with Gasteiger partial charge in [-0.2, -0.15) is 0 Å².